The molecule has 0 amide bonds. The van der Waals surface area contributed by atoms with Gasteiger partial charge in [0.2, 0.25) is 0 Å². The Balaban J connectivity index is 2.30. The Morgan fingerprint density at radius 2 is 2.33 bits per heavy atom. The van der Waals surface area contributed by atoms with Crippen molar-refractivity contribution >= 4 is 5.97 Å². The third kappa shape index (κ3) is 2.56. The highest BCUT2D eigenvalue weighted by atomic mass is 19.1. The number of aromatic nitrogens is 2. The number of nitrogens with zero attached hydrogens (tertiary/aromatic N) is 1. The highest BCUT2D eigenvalue weighted by Crippen LogP contribution is 2.23. The standard InChI is InChI=1S/C13H13FN2O2/c1-8(13(17)18)5-10-7-15-16-12(10)9-3-2-4-11(14)6-9/h2-4,6-8H,5H2,1H3,(H,15,16)(H,17,18). The van der Waals surface area contributed by atoms with Crippen LogP contribution >= 0.6 is 0 Å². The molecule has 0 aliphatic carbocycles. The summed E-state index contributed by atoms with van der Waals surface area (Å²) in [5.41, 5.74) is 2.11. The normalized spacial score (nSPS) is 12.3. The van der Waals surface area contributed by atoms with E-state index < -0.39 is 11.9 Å². The predicted octanol–water partition coefficient (Wildman–Crippen LogP) is 2.48. The lowest BCUT2D eigenvalue weighted by Gasteiger charge is -2.06. The maximum atomic E-state index is 13.2. The van der Waals surface area contributed by atoms with Crippen LogP contribution in [-0.2, 0) is 11.2 Å². The minimum Gasteiger partial charge on any atom is -0.481 e. The summed E-state index contributed by atoms with van der Waals surface area (Å²) < 4.78 is 13.2. The van der Waals surface area contributed by atoms with Crippen LogP contribution in [0.15, 0.2) is 30.5 Å². The minimum atomic E-state index is -0.860. The zero-order valence-electron chi connectivity index (χ0n) is 9.85. The molecule has 0 spiro atoms. The van der Waals surface area contributed by atoms with Gasteiger partial charge < -0.3 is 5.11 Å². The quantitative estimate of drug-likeness (QED) is 0.873. The van der Waals surface area contributed by atoms with E-state index >= 15 is 0 Å². The first kappa shape index (κ1) is 12.3. The fourth-order valence-electron chi connectivity index (χ4n) is 1.78. The average Bonchev–Trinajstić information content (AvgIpc) is 2.77. The van der Waals surface area contributed by atoms with Crippen molar-refractivity contribution in [1.29, 1.82) is 0 Å². The van der Waals surface area contributed by atoms with E-state index in [1.807, 2.05) is 0 Å². The highest BCUT2D eigenvalue weighted by Gasteiger charge is 2.16. The van der Waals surface area contributed by atoms with Gasteiger partial charge in [-0.3, -0.25) is 9.89 Å². The van der Waals surface area contributed by atoms with Gasteiger partial charge in [0.15, 0.2) is 0 Å². The molecule has 0 aliphatic rings. The number of aromatic amines is 1. The lowest BCUT2D eigenvalue weighted by Crippen LogP contribution is -2.12. The van der Waals surface area contributed by atoms with Gasteiger partial charge >= 0.3 is 5.97 Å². The summed E-state index contributed by atoms with van der Waals surface area (Å²) in [6.07, 6.45) is 1.94. The first-order chi connectivity index (χ1) is 8.58. The van der Waals surface area contributed by atoms with Crippen molar-refractivity contribution in [3.05, 3.63) is 41.8 Å². The SMILES string of the molecule is CC(Cc1cn[nH]c1-c1cccc(F)c1)C(=O)O. The van der Waals surface area contributed by atoms with Gasteiger partial charge in [0.25, 0.3) is 0 Å². The van der Waals surface area contributed by atoms with Crippen LogP contribution in [0.1, 0.15) is 12.5 Å². The fraction of sp³-hybridized carbons (Fsp3) is 0.231. The number of nitrogens with one attached hydrogen (secondary N) is 1. The average molecular weight is 248 g/mol. The number of hydrogen-bond acceptors (Lipinski definition) is 2. The van der Waals surface area contributed by atoms with Crippen LogP contribution in [0.2, 0.25) is 0 Å². The predicted molar refractivity (Wildman–Crippen MR) is 64.5 cm³/mol. The molecule has 0 saturated carbocycles. The van der Waals surface area contributed by atoms with Gasteiger partial charge in [0, 0.05) is 5.56 Å². The van der Waals surface area contributed by atoms with Gasteiger partial charge in [-0.15, -0.1) is 0 Å². The lowest BCUT2D eigenvalue weighted by molar-refractivity contribution is -0.141. The van der Waals surface area contributed by atoms with Crippen LogP contribution in [0.5, 0.6) is 0 Å². The van der Waals surface area contributed by atoms with E-state index in [4.69, 9.17) is 5.11 Å². The summed E-state index contributed by atoms with van der Waals surface area (Å²) >= 11 is 0. The first-order valence-corrected chi connectivity index (χ1v) is 5.59. The van der Waals surface area contributed by atoms with Gasteiger partial charge in [0.1, 0.15) is 5.82 Å². The second-order valence-electron chi connectivity index (χ2n) is 4.22. The van der Waals surface area contributed by atoms with E-state index in [-0.39, 0.29) is 5.82 Å². The summed E-state index contributed by atoms with van der Waals surface area (Å²) in [4.78, 5) is 10.8. The highest BCUT2D eigenvalue weighted by molar-refractivity contribution is 5.71. The van der Waals surface area contributed by atoms with Gasteiger partial charge in [-0.1, -0.05) is 19.1 Å². The van der Waals surface area contributed by atoms with Crippen LogP contribution in [0.25, 0.3) is 11.3 Å². The molecule has 0 aliphatic heterocycles. The van der Waals surface area contributed by atoms with E-state index in [0.717, 1.165) is 5.56 Å². The molecular weight excluding hydrogens is 235 g/mol. The molecule has 0 fully saturated rings. The number of carbonyl (C=O) groups is 1. The third-order valence-corrected chi connectivity index (χ3v) is 2.78. The third-order valence-electron chi connectivity index (χ3n) is 2.78. The van der Waals surface area contributed by atoms with Crippen LogP contribution in [0.4, 0.5) is 4.39 Å². The number of benzene rings is 1. The lowest BCUT2D eigenvalue weighted by atomic mass is 9.99. The van der Waals surface area contributed by atoms with E-state index in [1.165, 1.54) is 12.1 Å². The number of halogens is 1. The van der Waals surface area contributed by atoms with Crippen molar-refractivity contribution in [2.75, 3.05) is 0 Å². The van der Waals surface area contributed by atoms with Crippen LogP contribution in [0.3, 0.4) is 0 Å². The van der Waals surface area contributed by atoms with Gasteiger partial charge in [-0.2, -0.15) is 5.10 Å². The molecule has 18 heavy (non-hydrogen) atoms. The maximum Gasteiger partial charge on any atom is 0.306 e. The Morgan fingerprint density at radius 3 is 3.00 bits per heavy atom. The smallest absolute Gasteiger partial charge is 0.306 e. The summed E-state index contributed by atoms with van der Waals surface area (Å²) in [5.74, 6) is -1.70. The van der Waals surface area contributed by atoms with Crippen molar-refractivity contribution < 1.29 is 14.3 Å². The van der Waals surface area contributed by atoms with E-state index in [2.05, 4.69) is 10.2 Å². The molecule has 5 heteroatoms. The van der Waals surface area contributed by atoms with Crippen LogP contribution < -0.4 is 0 Å². The topological polar surface area (TPSA) is 66.0 Å². The fourth-order valence-corrected chi connectivity index (χ4v) is 1.78. The molecule has 1 heterocycles. The number of aliphatic carboxylic acids is 1. The zero-order chi connectivity index (χ0) is 13.1. The molecule has 1 atom stereocenters. The summed E-state index contributed by atoms with van der Waals surface area (Å²) in [6.45, 7) is 1.63. The van der Waals surface area contributed by atoms with Crippen LogP contribution in [0, 0.1) is 11.7 Å². The monoisotopic (exact) mass is 248 g/mol. The number of carboxylic acids is 1. The Morgan fingerprint density at radius 1 is 1.56 bits per heavy atom. The molecule has 94 valence electrons. The number of rotatable bonds is 4. The Bertz CT molecular complexity index is 566. The molecule has 2 aromatic rings. The molecule has 0 bridgehead atoms. The molecule has 1 unspecified atom stereocenters. The number of H-pyrrole nitrogens is 1. The Kier molecular flexibility index (Phi) is 3.41. The van der Waals surface area contributed by atoms with E-state index in [0.29, 0.717) is 17.7 Å². The maximum absolute atomic E-state index is 13.2. The molecule has 0 radical (unpaired) electrons. The molecular formula is C13H13FN2O2. The molecule has 2 N–H and O–H groups in total. The van der Waals surface area contributed by atoms with Gasteiger partial charge in [-0.05, 0) is 24.1 Å². The van der Waals surface area contributed by atoms with Crippen molar-refractivity contribution in [2.45, 2.75) is 13.3 Å². The molecule has 1 aromatic heterocycles. The summed E-state index contributed by atoms with van der Waals surface area (Å²) in [6, 6.07) is 6.11. The zero-order valence-corrected chi connectivity index (χ0v) is 9.85. The number of hydrogen-bond donors (Lipinski definition) is 2. The first-order valence-electron chi connectivity index (χ1n) is 5.59. The minimum absolute atomic E-state index is 0.334. The summed E-state index contributed by atoms with van der Waals surface area (Å²) in [7, 11) is 0. The second kappa shape index (κ2) is 5.00. The Hall–Kier alpha value is -2.17. The van der Waals surface area contributed by atoms with E-state index in [1.54, 1.807) is 25.3 Å². The van der Waals surface area contributed by atoms with Gasteiger partial charge in [0.05, 0.1) is 17.8 Å². The largest absolute Gasteiger partial charge is 0.481 e. The molecule has 1 aromatic carbocycles. The Labute approximate surface area is 103 Å². The van der Waals surface area contributed by atoms with Crippen molar-refractivity contribution in [3.8, 4) is 11.3 Å². The number of carboxylic acid groups (broad SMARTS) is 1. The second-order valence-corrected chi connectivity index (χ2v) is 4.22. The van der Waals surface area contributed by atoms with Crippen LogP contribution in [-0.4, -0.2) is 21.3 Å². The van der Waals surface area contributed by atoms with Crippen molar-refractivity contribution in [3.63, 3.8) is 0 Å². The van der Waals surface area contributed by atoms with E-state index in [9.17, 15) is 9.18 Å². The molecule has 2 rings (SSSR count). The van der Waals surface area contributed by atoms with Crippen molar-refractivity contribution in [2.24, 2.45) is 5.92 Å². The van der Waals surface area contributed by atoms with Gasteiger partial charge in [-0.25, -0.2) is 4.39 Å². The van der Waals surface area contributed by atoms with Crippen molar-refractivity contribution in [1.82, 2.24) is 10.2 Å². The molecule has 0 saturated heterocycles. The molecule has 4 nitrogen and oxygen atoms in total. The summed E-state index contributed by atoms with van der Waals surface area (Å²) in [5, 5.41) is 15.6.